The van der Waals surface area contributed by atoms with Gasteiger partial charge in [-0.3, -0.25) is 11.1 Å². The number of guanidine groups is 2. The maximum Gasteiger partial charge on any atom is 0.573 e. The zero-order valence-corrected chi connectivity index (χ0v) is 16.5. The van der Waals surface area contributed by atoms with Gasteiger partial charge in [-0.05, 0) is 24.3 Å². The van der Waals surface area contributed by atoms with Crippen LogP contribution in [0.5, 0.6) is 5.75 Å². The summed E-state index contributed by atoms with van der Waals surface area (Å²) in [5.74, 6) is -0.614. The topological polar surface area (TPSA) is 96.5 Å². The number of hydrogen-bond donors (Lipinski definition) is 3. The molecule has 3 rings (SSSR count). The smallest absolute Gasteiger partial charge is 0.406 e. The number of halogens is 3. The Kier molecular flexibility index (Phi) is 5.63. The van der Waals surface area contributed by atoms with E-state index in [4.69, 9.17) is 10.5 Å². The van der Waals surface area contributed by atoms with Crippen LogP contribution in [0.4, 0.5) is 18.9 Å². The number of alkyl halides is 3. The first kappa shape index (κ1) is 21.2. The third-order valence-corrected chi connectivity index (χ3v) is 4.55. The number of nitrogens with two attached hydrogens (primary N) is 1. The largest absolute Gasteiger partial charge is 0.573 e. The minimum Gasteiger partial charge on any atom is -0.406 e. The fraction of sp³-hybridized carbons (Fsp3) is 0.556. The van der Waals surface area contributed by atoms with Gasteiger partial charge in [0.2, 0.25) is 17.7 Å². The molecule has 0 spiro atoms. The normalized spacial score (nSPS) is 23.1. The standard InChI is InChI=1S/C18H25F3N6O2/c1-16(2,3)17(22)25-14(24-15(26-17)27-8-10-28-11-9-27)23-12-4-6-13(7-5-12)29-18(19,20)21/h4-7H,8-11,22H2,1-3H3,(H2,23,24,25,26). The van der Waals surface area contributed by atoms with Crippen LogP contribution >= 0.6 is 0 Å². The number of nitrogens with one attached hydrogen (secondary N) is 2. The highest BCUT2D eigenvalue weighted by molar-refractivity contribution is 6.06. The first-order valence-electron chi connectivity index (χ1n) is 9.16. The Morgan fingerprint density at radius 3 is 2.31 bits per heavy atom. The van der Waals surface area contributed by atoms with E-state index in [1.54, 1.807) is 0 Å². The number of anilines is 1. The van der Waals surface area contributed by atoms with Gasteiger partial charge in [-0.25, -0.2) is 9.98 Å². The van der Waals surface area contributed by atoms with Crippen LogP contribution in [0.2, 0.25) is 0 Å². The van der Waals surface area contributed by atoms with E-state index in [2.05, 4.69) is 25.4 Å². The lowest BCUT2D eigenvalue weighted by molar-refractivity contribution is -0.274. The fourth-order valence-corrected chi connectivity index (χ4v) is 2.71. The monoisotopic (exact) mass is 414 g/mol. The van der Waals surface area contributed by atoms with Gasteiger partial charge >= 0.3 is 6.36 Å². The highest BCUT2D eigenvalue weighted by Crippen LogP contribution is 2.32. The van der Waals surface area contributed by atoms with Crippen molar-refractivity contribution in [2.24, 2.45) is 21.1 Å². The molecule has 1 aromatic rings. The Bertz CT molecular complexity index is 782. The van der Waals surface area contributed by atoms with E-state index in [1.807, 2.05) is 25.7 Å². The van der Waals surface area contributed by atoms with E-state index >= 15 is 0 Å². The van der Waals surface area contributed by atoms with Crippen molar-refractivity contribution < 1.29 is 22.6 Å². The van der Waals surface area contributed by atoms with Crippen molar-refractivity contribution in [3.63, 3.8) is 0 Å². The molecule has 4 N–H and O–H groups in total. The molecule has 29 heavy (non-hydrogen) atoms. The zero-order valence-electron chi connectivity index (χ0n) is 16.5. The SMILES string of the molecule is CC(C)(C)C1(N)N=C(Nc2ccc(OC(F)(F)F)cc2)NC(N2CCOCC2)=N1. The zero-order chi connectivity index (χ0) is 21.3. The molecule has 2 aliphatic heterocycles. The Morgan fingerprint density at radius 1 is 1.14 bits per heavy atom. The number of morpholine rings is 1. The molecule has 2 aliphatic rings. The molecule has 1 aromatic carbocycles. The Hall–Kier alpha value is -2.53. The Balaban J connectivity index is 1.80. The van der Waals surface area contributed by atoms with Crippen LogP contribution in [0, 0.1) is 5.41 Å². The van der Waals surface area contributed by atoms with Gasteiger partial charge in [0.25, 0.3) is 0 Å². The van der Waals surface area contributed by atoms with Crippen LogP contribution in [-0.2, 0) is 4.74 Å². The molecule has 1 fully saturated rings. The van der Waals surface area contributed by atoms with Crippen LogP contribution in [0.3, 0.4) is 0 Å². The summed E-state index contributed by atoms with van der Waals surface area (Å²) in [4.78, 5) is 11.2. The summed E-state index contributed by atoms with van der Waals surface area (Å²) in [6.07, 6.45) is -4.74. The van der Waals surface area contributed by atoms with Gasteiger partial charge in [0.05, 0.1) is 13.2 Å². The minimum atomic E-state index is -4.74. The molecular weight excluding hydrogens is 389 g/mol. The van der Waals surface area contributed by atoms with Crippen molar-refractivity contribution in [3.8, 4) is 5.75 Å². The molecule has 0 aliphatic carbocycles. The molecule has 0 amide bonds. The molecule has 1 unspecified atom stereocenters. The predicted molar refractivity (Wildman–Crippen MR) is 104 cm³/mol. The van der Waals surface area contributed by atoms with Crippen LogP contribution in [-0.4, -0.2) is 55.3 Å². The van der Waals surface area contributed by atoms with Gasteiger partial charge in [-0.1, -0.05) is 20.8 Å². The van der Waals surface area contributed by atoms with Crippen LogP contribution in [0.1, 0.15) is 20.8 Å². The van der Waals surface area contributed by atoms with Crippen LogP contribution in [0.15, 0.2) is 34.3 Å². The molecule has 1 atom stereocenters. The van der Waals surface area contributed by atoms with Crippen molar-refractivity contribution in [1.29, 1.82) is 0 Å². The van der Waals surface area contributed by atoms with Crippen molar-refractivity contribution in [1.82, 2.24) is 10.2 Å². The van der Waals surface area contributed by atoms with Gasteiger partial charge < -0.3 is 19.7 Å². The average Bonchev–Trinajstić information content (AvgIpc) is 2.62. The second-order valence-corrected chi connectivity index (χ2v) is 7.79. The number of hydrogen-bond acceptors (Lipinski definition) is 8. The molecular formula is C18H25F3N6O2. The molecule has 8 nitrogen and oxygen atoms in total. The third kappa shape index (κ3) is 5.30. The number of nitrogens with zero attached hydrogens (tertiary/aromatic N) is 3. The lowest BCUT2D eigenvalue weighted by Gasteiger charge is -2.41. The highest BCUT2D eigenvalue weighted by Gasteiger charge is 2.42. The van der Waals surface area contributed by atoms with Crippen molar-refractivity contribution in [2.45, 2.75) is 32.9 Å². The molecule has 1 saturated heterocycles. The third-order valence-electron chi connectivity index (χ3n) is 4.55. The number of benzene rings is 1. The second-order valence-electron chi connectivity index (χ2n) is 7.79. The Labute approximate surface area is 167 Å². The van der Waals surface area contributed by atoms with E-state index in [0.717, 1.165) is 0 Å². The molecule has 160 valence electrons. The van der Waals surface area contributed by atoms with Gasteiger partial charge in [0.1, 0.15) is 5.75 Å². The lowest BCUT2D eigenvalue weighted by Crippen LogP contribution is -2.60. The Morgan fingerprint density at radius 2 is 1.76 bits per heavy atom. The summed E-state index contributed by atoms with van der Waals surface area (Å²) in [6, 6.07) is 5.35. The van der Waals surface area contributed by atoms with E-state index in [1.165, 1.54) is 24.3 Å². The first-order chi connectivity index (χ1) is 13.5. The van der Waals surface area contributed by atoms with E-state index in [9.17, 15) is 13.2 Å². The van der Waals surface area contributed by atoms with Gasteiger partial charge in [0, 0.05) is 24.2 Å². The predicted octanol–water partition coefficient (Wildman–Crippen LogP) is 2.30. The van der Waals surface area contributed by atoms with Crippen molar-refractivity contribution in [2.75, 3.05) is 31.6 Å². The van der Waals surface area contributed by atoms with Crippen molar-refractivity contribution in [3.05, 3.63) is 24.3 Å². The first-order valence-corrected chi connectivity index (χ1v) is 9.16. The average molecular weight is 414 g/mol. The van der Waals surface area contributed by atoms with Crippen LogP contribution < -0.4 is 21.1 Å². The summed E-state index contributed by atoms with van der Waals surface area (Å²) in [7, 11) is 0. The summed E-state index contributed by atoms with van der Waals surface area (Å²) in [5, 5.41) is 6.17. The van der Waals surface area contributed by atoms with Crippen molar-refractivity contribution >= 4 is 17.6 Å². The van der Waals surface area contributed by atoms with E-state index < -0.39 is 17.6 Å². The van der Waals surface area contributed by atoms with Crippen LogP contribution in [0.25, 0.3) is 0 Å². The van der Waals surface area contributed by atoms with Gasteiger partial charge in [-0.15, -0.1) is 13.2 Å². The summed E-state index contributed by atoms with van der Waals surface area (Å²) in [6.45, 7) is 8.27. The molecule has 0 bridgehead atoms. The second kappa shape index (κ2) is 7.71. The number of rotatable bonds is 2. The maximum atomic E-state index is 12.3. The van der Waals surface area contributed by atoms with E-state index in [0.29, 0.717) is 43.9 Å². The summed E-state index contributed by atoms with van der Waals surface area (Å²) >= 11 is 0. The number of ether oxygens (including phenoxy) is 2. The molecule has 0 saturated carbocycles. The molecule has 0 aromatic heterocycles. The highest BCUT2D eigenvalue weighted by atomic mass is 19.4. The minimum absolute atomic E-state index is 0.306. The van der Waals surface area contributed by atoms with Gasteiger partial charge in [0.15, 0.2) is 0 Å². The maximum absolute atomic E-state index is 12.3. The molecule has 2 heterocycles. The van der Waals surface area contributed by atoms with E-state index in [-0.39, 0.29) is 5.75 Å². The molecule has 11 heteroatoms. The molecule has 0 radical (unpaired) electrons. The fourth-order valence-electron chi connectivity index (χ4n) is 2.71. The lowest BCUT2D eigenvalue weighted by atomic mass is 9.88. The summed E-state index contributed by atoms with van der Waals surface area (Å²) < 4.78 is 46.2. The summed E-state index contributed by atoms with van der Waals surface area (Å²) in [5.41, 5.74) is 6.55. The quantitative estimate of drug-likeness (QED) is 0.687. The van der Waals surface area contributed by atoms with Gasteiger partial charge in [-0.2, -0.15) is 0 Å². The number of aliphatic imine (C=N–C) groups is 2.